The van der Waals surface area contributed by atoms with E-state index in [9.17, 15) is 19.8 Å². The molecule has 0 aromatic carbocycles. The molecule has 1 aromatic heterocycles. The maximum Gasteiger partial charge on any atom is 0.351 e. The van der Waals surface area contributed by atoms with Crippen LogP contribution in [-0.4, -0.2) is 87.5 Å². The van der Waals surface area contributed by atoms with Crippen LogP contribution in [0.15, 0.2) is 17.1 Å². The van der Waals surface area contributed by atoms with E-state index >= 15 is 0 Å². The molecule has 186 valence electrons. The van der Waals surface area contributed by atoms with Crippen molar-refractivity contribution in [3.8, 4) is 0 Å². The molecule has 2 aliphatic rings. The summed E-state index contributed by atoms with van der Waals surface area (Å²) in [7, 11) is 3.64. The van der Waals surface area contributed by atoms with Gasteiger partial charge in [-0.25, -0.2) is 4.79 Å². The normalized spacial score (nSPS) is 34.9. The minimum atomic E-state index is -1.19. The van der Waals surface area contributed by atoms with Crippen LogP contribution in [0.25, 0.3) is 0 Å². The van der Waals surface area contributed by atoms with E-state index in [1.54, 1.807) is 12.3 Å². The van der Waals surface area contributed by atoms with E-state index < -0.39 is 36.5 Å². The van der Waals surface area contributed by atoms with Crippen molar-refractivity contribution in [2.75, 3.05) is 19.4 Å². The lowest BCUT2D eigenvalue weighted by atomic mass is 9.96. The van der Waals surface area contributed by atoms with Crippen LogP contribution in [0.1, 0.15) is 52.7 Å². The Morgan fingerprint density at radius 3 is 2.58 bits per heavy atom. The maximum absolute atomic E-state index is 12.5. The van der Waals surface area contributed by atoms with Crippen LogP contribution in [0.3, 0.4) is 0 Å². The Labute approximate surface area is 193 Å². The van der Waals surface area contributed by atoms with Crippen LogP contribution < -0.4 is 11.0 Å². The first-order valence-electron chi connectivity index (χ1n) is 11.5. The third-order valence-corrected chi connectivity index (χ3v) is 6.19. The number of aliphatic hydroxyl groups excluding tert-OH is 2. The quantitative estimate of drug-likeness (QED) is 0.521. The highest BCUT2D eigenvalue weighted by molar-refractivity contribution is 5.89. The molecule has 8 unspecified atom stereocenters. The highest BCUT2D eigenvalue weighted by Gasteiger charge is 2.46. The van der Waals surface area contributed by atoms with E-state index in [2.05, 4.69) is 10.3 Å². The molecule has 3 N–H and O–H groups in total. The van der Waals surface area contributed by atoms with Crippen molar-refractivity contribution in [2.24, 2.45) is 0 Å². The number of hydrogen-bond donors (Lipinski definition) is 3. The van der Waals surface area contributed by atoms with Crippen LogP contribution in [0, 0.1) is 0 Å². The number of nitrogens with zero attached hydrogens (tertiary/aromatic N) is 3. The molecular weight excluding hydrogens is 432 g/mol. The zero-order chi connectivity index (χ0) is 24.3. The second-order valence-electron chi connectivity index (χ2n) is 8.99. The van der Waals surface area contributed by atoms with E-state index in [0.29, 0.717) is 25.7 Å². The summed E-state index contributed by atoms with van der Waals surface area (Å²) in [5, 5.41) is 23.7. The minimum Gasteiger partial charge on any atom is -0.388 e. The summed E-state index contributed by atoms with van der Waals surface area (Å²) in [6.45, 7) is 5.56. The molecule has 33 heavy (non-hydrogen) atoms. The molecule has 0 spiro atoms. The number of anilines is 1. The zero-order valence-corrected chi connectivity index (χ0v) is 19.9. The third-order valence-electron chi connectivity index (χ3n) is 6.19. The molecule has 2 aliphatic heterocycles. The van der Waals surface area contributed by atoms with E-state index in [1.165, 1.54) is 4.57 Å². The summed E-state index contributed by atoms with van der Waals surface area (Å²) in [6.07, 6.45) is -1.16. The molecule has 1 amide bonds. The second-order valence-corrected chi connectivity index (χ2v) is 8.99. The number of likely N-dealkylation sites (N-methyl/N-ethyl adjacent to an activating group) is 1. The highest BCUT2D eigenvalue weighted by Crippen LogP contribution is 2.32. The minimum absolute atomic E-state index is 0.187. The molecule has 0 saturated carbocycles. The summed E-state index contributed by atoms with van der Waals surface area (Å²) in [5.74, 6) is 0.0278. The van der Waals surface area contributed by atoms with Crippen molar-refractivity contribution in [3.63, 3.8) is 0 Å². The SMILES string of the molecule is CCCC(=O)Nc1ccn(C2CCC(OC3OC(C)C(N(C)C)C(O)C3O)C(C)O2)c(=O)n1. The van der Waals surface area contributed by atoms with E-state index in [1.807, 2.05) is 39.8 Å². The van der Waals surface area contributed by atoms with Crippen LogP contribution in [0.5, 0.6) is 0 Å². The molecule has 11 heteroatoms. The molecule has 2 saturated heterocycles. The standard InChI is InChI=1S/C22H36N4O7/c1-6-7-16(27)23-15-10-11-26(22(30)24-15)17-9-8-14(12(2)31-17)33-21-20(29)19(28)18(25(4)5)13(3)32-21/h10-14,17-21,28-29H,6-9H2,1-5H3,(H,23,24,27,30). The number of nitrogens with one attached hydrogen (secondary N) is 1. The van der Waals surface area contributed by atoms with E-state index in [0.717, 1.165) is 0 Å². The second kappa shape index (κ2) is 11.0. The summed E-state index contributed by atoms with van der Waals surface area (Å²) in [4.78, 5) is 30.0. The summed E-state index contributed by atoms with van der Waals surface area (Å²) < 4.78 is 19.3. The average Bonchev–Trinajstić information content (AvgIpc) is 2.73. The van der Waals surface area contributed by atoms with Crippen LogP contribution in [-0.2, 0) is 19.0 Å². The summed E-state index contributed by atoms with van der Waals surface area (Å²) in [6, 6.07) is 1.22. The number of carbonyl (C=O) groups excluding carboxylic acids is 1. The van der Waals surface area contributed by atoms with E-state index in [-0.39, 0.29) is 30.0 Å². The third kappa shape index (κ3) is 5.97. The Balaban J connectivity index is 1.60. The van der Waals surface area contributed by atoms with Crippen LogP contribution >= 0.6 is 0 Å². The van der Waals surface area contributed by atoms with Gasteiger partial charge in [-0.2, -0.15) is 4.98 Å². The molecule has 1 aromatic rings. The smallest absolute Gasteiger partial charge is 0.351 e. The molecule has 3 rings (SSSR count). The zero-order valence-electron chi connectivity index (χ0n) is 19.9. The van der Waals surface area contributed by atoms with Gasteiger partial charge in [0.25, 0.3) is 0 Å². The lowest BCUT2D eigenvalue weighted by molar-refractivity contribution is -0.310. The van der Waals surface area contributed by atoms with Gasteiger partial charge in [-0.3, -0.25) is 9.36 Å². The lowest BCUT2D eigenvalue weighted by Crippen LogP contribution is -2.62. The topological polar surface area (TPSA) is 135 Å². The molecule has 3 heterocycles. The monoisotopic (exact) mass is 468 g/mol. The number of ether oxygens (including phenoxy) is 3. The summed E-state index contributed by atoms with van der Waals surface area (Å²) >= 11 is 0. The first kappa shape index (κ1) is 25.7. The number of rotatable bonds is 7. The van der Waals surface area contributed by atoms with Crippen LogP contribution in [0.4, 0.5) is 5.82 Å². The first-order valence-corrected chi connectivity index (χ1v) is 11.5. The molecule has 0 aliphatic carbocycles. The molecule has 0 radical (unpaired) electrons. The Kier molecular flexibility index (Phi) is 8.59. The van der Waals surface area contributed by atoms with Crippen molar-refractivity contribution in [1.82, 2.24) is 14.5 Å². The number of aliphatic hydroxyl groups is 2. The van der Waals surface area contributed by atoms with Crippen molar-refractivity contribution in [3.05, 3.63) is 22.7 Å². The summed E-state index contributed by atoms with van der Waals surface area (Å²) in [5.41, 5.74) is -0.515. The number of carbonyl (C=O) groups is 1. The van der Waals surface area contributed by atoms with Gasteiger partial charge in [-0.1, -0.05) is 6.92 Å². The fourth-order valence-corrected chi connectivity index (χ4v) is 4.49. The Morgan fingerprint density at radius 2 is 1.97 bits per heavy atom. The highest BCUT2D eigenvalue weighted by atomic mass is 16.7. The maximum atomic E-state index is 12.5. The fourth-order valence-electron chi connectivity index (χ4n) is 4.49. The molecule has 0 bridgehead atoms. The lowest BCUT2D eigenvalue weighted by Gasteiger charge is -2.46. The van der Waals surface area contributed by atoms with Gasteiger partial charge in [0.1, 0.15) is 24.3 Å². The Morgan fingerprint density at radius 1 is 1.24 bits per heavy atom. The van der Waals surface area contributed by atoms with Gasteiger partial charge in [0.05, 0.1) is 24.4 Å². The number of aromatic nitrogens is 2. The van der Waals surface area contributed by atoms with Crippen molar-refractivity contribution in [1.29, 1.82) is 0 Å². The molecule has 2 fully saturated rings. The van der Waals surface area contributed by atoms with Gasteiger partial charge in [0.15, 0.2) is 6.29 Å². The number of amides is 1. The van der Waals surface area contributed by atoms with Gasteiger partial charge in [0.2, 0.25) is 5.91 Å². The van der Waals surface area contributed by atoms with E-state index in [4.69, 9.17) is 14.2 Å². The van der Waals surface area contributed by atoms with Gasteiger partial charge in [-0.05, 0) is 53.3 Å². The fraction of sp³-hybridized carbons (Fsp3) is 0.773. The average molecular weight is 469 g/mol. The molecular formula is C22H36N4O7. The first-order chi connectivity index (χ1) is 15.6. The number of hydrogen-bond acceptors (Lipinski definition) is 9. The largest absolute Gasteiger partial charge is 0.388 e. The van der Waals surface area contributed by atoms with Gasteiger partial charge in [-0.15, -0.1) is 0 Å². The van der Waals surface area contributed by atoms with Gasteiger partial charge < -0.3 is 34.6 Å². The Bertz CT molecular complexity index is 863. The molecule has 11 nitrogen and oxygen atoms in total. The van der Waals surface area contributed by atoms with Crippen molar-refractivity contribution in [2.45, 2.75) is 95.5 Å². The predicted molar refractivity (Wildman–Crippen MR) is 120 cm³/mol. The van der Waals surface area contributed by atoms with Crippen LogP contribution in [0.2, 0.25) is 0 Å². The molecule has 8 atom stereocenters. The van der Waals surface area contributed by atoms with Gasteiger partial charge in [0, 0.05) is 12.6 Å². The van der Waals surface area contributed by atoms with Gasteiger partial charge >= 0.3 is 5.69 Å². The van der Waals surface area contributed by atoms with Crippen molar-refractivity contribution >= 4 is 11.7 Å². The predicted octanol–water partition coefficient (Wildman–Crippen LogP) is 0.461. The Hall–Kier alpha value is -1.89. The van der Waals surface area contributed by atoms with Crippen molar-refractivity contribution < 1.29 is 29.2 Å².